The average Bonchev–Trinajstić information content (AvgIpc) is 2.67. The molecule has 2 saturated heterocycles. The molecule has 1 unspecified atom stereocenters. The second kappa shape index (κ2) is 3.58. The van der Waals surface area contributed by atoms with E-state index in [-0.39, 0.29) is 26.0 Å². The molecule has 3 rings (SSSR count). The Balaban J connectivity index is 2.25. The minimum atomic E-state index is -4.57. The Hall–Kier alpha value is -0.820. The summed E-state index contributed by atoms with van der Waals surface area (Å²) in [6.45, 7) is 1.60. The minimum Gasteiger partial charge on any atom is -0.465 e. The zero-order chi connectivity index (χ0) is 12.9. The smallest absolute Gasteiger partial charge is 0.415 e. The van der Waals surface area contributed by atoms with Gasteiger partial charge in [0.25, 0.3) is 0 Å². The Labute approximate surface area is 96.2 Å². The van der Waals surface area contributed by atoms with Crippen LogP contribution >= 0.6 is 0 Å². The van der Waals surface area contributed by atoms with E-state index in [0.29, 0.717) is 0 Å². The first-order valence-corrected chi connectivity index (χ1v) is 5.41. The highest BCUT2D eigenvalue weighted by molar-refractivity contribution is 5.80. The van der Waals surface area contributed by atoms with Gasteiger partial charge in [-0.3, -0.25) is 4.79 Å². The first-order valence-electron chi connectivity index (χ1n) is 5.41. The van der Waals surface area contributed by atoms with Crippen LogP contribution in [0.2, 0.25) is 0 Å². The fourth-order valence-corrected chi connectivity index (χ4v) is 2.83. The molecule has 0 radical (unpaired) electrons. The quantitative estimate of drug-likeness (QED) is 0.762. The molecule has 98 valence electrons. The summed E-state index contributed by atoms with van der Waals surface area (Å²) in [4.78, 5) is 11.7. The Bertz CT molecular complexity index is 336. The number of alkyl halides is 3. The Morgan fingerprint density at radius 1 is 1.53 bits per heavy atom. The molecule has 0 spiro atoms. The number of nitrogens with two attached hydrogens (primary N) is 1. The third-order valence-corrected chi connectivity index (χ3v) is 3.50. The lowest BCUT2D eigenvalue weighted by Crippen LogP contribution is -2.55. The first-order chi connectivity index (χ1) is 7.80. The number of carbonyl (C=O) groups is 1. The lowest BCUT2D eigenvalue weighted by atomic mass is 9.60. The van der Waals surface area contributed by atoms with Gasteiger partial charge >= 0.3 is 12.1 Å². The maximum atomic E-state index is 12.8. The lowest BCUT2D eigenvalue weighted by molar-refractivity contribution is -0.226. The Kier molecular flexibility index (Phi) is 2.66. The third kappa shape index (κ3) is 1.63. The molecule has 0 aromatic rings. The normalized spacial score (nSPS) is 39.9. The van der Waals surface area contributed by atoms with Crippen molar-refractivity contribution in [1.29, 1.82) is 0 Å². The molecule has 0 aromatic carbocycles. The number of hydrogen-bond donors (Lipinski definition) is 1. The lowest BCUT2D eigenvalue weighted by Gasteiger charge is -2.42. The summed E-state index contributed by atoms with van der Waals surface area (Å²) in [6, 6.07) is 0. The zero-order valence-corrected chi connectivity index (χ0v) is 9.34. The molecule has 7 heteroatoms. The van der Waals surface area contributed by atoms with E-state index in [2.05, 4.69) is 0 Å². The fraction of sp³-hybridized carbons (Fsp3) is 0.900. The molecule has 17 heavy (non-hydrogen) atoms. The predicted molar refractivity (Wildman–Crippen MR) is 51.0 cm³/mol. The molecule has 2 bridgehead atoms. The number of rotatable bonds is 3. The highest BCUT2D eigenvalue weighted by Crippen LogP contribution is 2.64. The SMILES string of the molecule is CCOC(=O)C12CC(CN)(C1)OC2C(F)(F)F. The second-order valence-corrected chi connectivity index (χ2v) is 4.66. The van der Waals surface area contributed by atoms with E-state index in [9.17, 15) is 18.0 Å². The van der Waals surface area contributed by atoms with E-state index in [1.54, 1.807) is 6.92 Å². The highest BCUT2D eigenvalue weighted by Gasteiger charge is 2.77. The van der Waals surface area contributed by atoms with Crippen LogP contribution in [-0.2, 0) is 14.3 Å². The number of carbonyl (C=O) groups excluding carboxylic acids is 1. The summed E-state index contributed by atoms with van der Waals surface area (Å²) >= 11 is 0. The standard InChI is InChI=1S/C10H14F3NO3/c1-2-16-7(15)9-3-8(4-9,5-14)17-6(9)10(11,12)13/h6H,2-5,14H2,1H3. The van der Waals surface area contributed by atoms with E-state index < -0.39 is 29.3 Å². The van der Waals surface area contributed by atoms with Gasteiger partial charge in [0.2, 0.25) is 0 Å². The molecular formula is C10H14F3NO3. The topological polar surface area (TPSA) is 61.5 Å². The van der Waals surface area contributed by atoms with E-state index in [0.717, 1.165) is 0 Å². The fourth-order valence-electron chi connectivity index (χ4n) is 2.83. The second-order valence-electron chi connectivity index (χ2n) is 4.66. The Morgan fingerprint density at radius 3 is 2.53 bits per heavy atom. The van der Waals surface area contributed by atoms with Crippen LogP contribution in [0.3, 0.4) is 0 Å². The van der Waals surface area contributed by atoms with Gasteiger partial charge in [0, 0.05) is 6.54 Å². The predicted octanol–water partition coefficient (Wildman–Crippen LogP) is 0.988. The van der Waals surface area contributed by atoms with Gasteiger partial charge in [-0.25, -0.2) is 0 Å². The van der Waals surface area contributed by atoms with Gasteiger partial charge < -0.3 is 15.2 Å². The summed E-state index contributed by atoms with van der Waals surface area (Å²) in [6.07, 6.45) is -6.66. The molecule has 3 fully saturated rings. The first kappa shape index (κ1) is 12.6. The average molecular weight is 253 g/mol. The molecule has 3 aliphatic rings. The monoisotopic (exact) mass is 253 g/mol. The van der Waals surface area contributed by atoms with Crippen molar-refractivity contribution >= 4 is 5.97 Å². The molecular weight excluding hydrogens is 239 g/mol. The highest BCUT2D eigenvalue weighted by atomic mass is 19.4. The Morgan fingerprint density at radius 2 is 2.12 bits per heavy atom. The van der Waals surface area contributed by atoms with Crippen LogP contribution in [-0.4, -0.2) is 37.0 Å². The van der Waals surface area contributed by atoms with Crippen LogP contribution in [0.1, 0.15) is 19.8 Å². The molecule has 1 aliphatic carbocycles. The molecule has 2 heterocycles. The molecule has 2 aliphatic heterocycles. The molecule has 4 nitrogen and oxygen atoms in total. The van der Waals surface area contributed by atoms with E-state index in [4.69, 9.17) is 15.2 Å². The molecule has 0 amide bonds. The van der Waals surface area contributed by atoms with E-state index in [1.807, 2.05) is 0 Å². The number of hydrogen-bond acceptors (Lipinski definition) is 4. The van der Waals surface area contributed by atoms with Crippen LogP contribution in [0.25, 0.3) is 0 Å². The molecule has 1 atom stereocenters. The van der Waals surface area contributed by atoms with Gasteiger partial charge in [-0.1, -0.05) is 0 Å². The minimum absolute atomic E-state index is 0.000486. The van der Waals surface area contributed by atoms with Crippen molar-refractivity contribution in [3.05, 3.63) is 0 Å². The summed E-state index contributed by atoms with van der Waals surface area (Å²) in [5, 5.41) is 0. The van der Waals surface area contributed by atoms with Crippen molar-refractivity contribution in [1.82, 2.24) is 0 Å². The summed E-state index contributed by atoms with van der Waals surface area (Å²) in [7, 11) is 0. The molecule has 1 saturated carbocycles. The van der Waals surface area contributed by atoms with Gasteiger partial charge in [-0.05, 0) is 19.8 Å². The van der Waals surface area contributed by atoms with Crippen LogP contribution < -0.4 is 5.73 Å². The van der Waals surface area contributed by atoms with Crippen molar-refractivity contribution in [2.45, 2.75) is 37.6 Å². The van der Waals surface area contributed by atoms with Crippen LogP contribution in [0, 0.1) is 5.41 Å². The molecule has 2 N–H and O–H groups in total. The number of esters is 1. The van der Waals surface area contributed by atoms with Crippen LogP contribution in [0.4, 0.5) is 13.2 Å². The van der Waals surface area contributed by atoms with Gasteiger partial charge in [-0.15, -0.1) is 0 Å². The van der Waals surface area contributed by atoms with Crippen molar-refractivity contribution < 1.29 is 27.4 Å². The number of ether oxygens (including phenoxy) is 2. The maximum absolute atomic E-state index is 12.8. The number of halogens is 3. The largest absolute Gasteiger partial charge is 0.465 e. The van der Waals surface area contributed by atoms with Crippen LogP contribution in [0.15, 0.2) is 0 Å². The third-order valence-electron chi connectivity index (χ3n) is 3.50. The van der Waals surface area contributed by atoms with Crippen molar-refractivity contribution in [3.8, 4) is 0 Å². The van der Waals surface area contributed by atoms with Gasteiger partial charge in [0.15, 0.2) is 6.10 Å². The number of fused-ring (bicyclic) bond motifs is 1. The zero-order valence-electron chi connectivity index (χ0n) is 9.34. The van der Waals surface area contributed by atoms with Gasteiger partial charge in [-0.2, -0.15) is 13.2 Å². The van der Waals surface area contributed by atoms with E-state index >= 15 is 0 Å². The van der Waals surface area contributed by atoms with Gasteiger partial charge in [0.1, 0.15) is 5.41 Å². The van der Waals surface area contributed by atoms with Crippen LogP contribution in [0.5, 0.6) is 0 Å². The van der Waals surface area contributed by atoms with Crippen molar-refractivity contribution in [2.75, 3.05) is 13.2 Å². The van der Waals surface area contributed by atoms with Crippen molar-refractivity contribution in [2.24, 2.45) is 11.1 Å². The summed E-state index contributed by atoms with van der Waals surface area (Å²) < 4.78 is 48.1. The maximum Gasteiger partial charge on any atom is 0.415 e. The van der Waals surface area contributed by atoms with Gasteiger partial charge in [0.05, 0.1) is 12.2 Å². The summed E-state index contributed by atoms with van der Waals surface area (Å²) in [5.74, 6) is -0.830. The molecule has 0 aromatic heterocycles. The van der Waals surface area contributed by atoms with E-state index in [1.165, 1.54) is 0 Å². The van der Waals surface area contributed by atoms with Crippen molar-refractivity contribution in [3.63, 3.8) is 0 Å². The summed E-state index contributed by atoms with van der Waals surface area (Å²) in [5.41, 5.74) is 2.83.